The normalized spacial score (nSPS) is 15.9. The first-order chi connectivity index (χ1) is 19.1. The monoisotopic (exact) mass is 557 g/mol. The van der Waals surface area contributed by atoms with E-state index in [2.05, 4.69) is 4.74 Å². The number of fused-ring (bicyclic) bond motifs is 3. The smallest absolute Gasteiger partial charge is 0.451 e. The van der Waals surface area contributed by atoms with E-state index in [0.717, 1.165) is 55.2 Å². The Bertz CT molecular complexity index is 1460. The molecule has 2 aliphatic rings. The van der Waals surface area contributed by atoms with Crippen LogP contribution in [0.1, 0.15) is 45.7 Å². The molecule has 2 heterocycles. The van der Waals surface area contributed by atoms with Gasteiger partial charge >= 0.3 is 12.3 Å². The number of alkyl halides is 3. The van der Waals surface area contributed by atoms with Crippen LogP contribution in [0, 0.1) is 0 Å². The Morgan fingerprint density at radius 2 is 1.60 bits per heavy atom. The van der Waals surface area contributed by atoms with Gasteiger partial charge in [-0.3, -0.25) is 19.3 Å². The molecule has 9 nitrogen and oxygen atoms in total. The highest BCUT2D eigenvalue weighted by Gasteiger charge is 2.47. The van der Waals surface area contributed by atoms with Gasteiger partial charge in [0.2, 0.25) is 18.0 Å². The Kier molecular flexibility index (Phi) is 7.17. The minimum atomic E-state index is -4.74. The fourth-order valence-corrected chi connectivity index (χ4v) is 5.17. The van der Waals surface area contributed by atoms with E-state index in [-0.39, 0.29) is 0 Å². The van der Waals surface area contributed by atoms with E-state index in [1.54, 1.807) is 5.01 Å². The summed E-state index contributed by atoms with van der Waals surface area (Å²) in [7, 11) is 1.07. The van der Waals surface area contributed by atoms with E-state index < -0.39 is 60.7 Å². The maximum Gasteiger partial charge on any atom is 0.510 e. The summed E-state index contributed by atoms with van der Waals surface area (Å²) in [6.45, 7) is -0.334. The largest absolute Gasteiger partial charge is 0.510 e. The number of halogens is 3. The van der Waals surface area contributed by atoms with Crippen LogP contribution in [-0.4, -0.2) is 54.4 Å². The number of amides is 1. The summed E-state index contributed by atoms with van der Waals surface area (Å²) < 4.78 is 57.9. The van der Waals surface area contributed by atoms with E-state index in [1.807, 2.05) is 48.5 Å². The molecule has 0 saturated heterocycles. The summed E-state index contributed by atoms with van der Waals surface area (Å²) in [5.41, 5.74) is 2.58. The fraction of sp³-hybridized carbons (Fsp3) is 0.321. The third-order valence-electron chi connectivity index (χ3n) is 7.22. The lowest BCUT2D eigenvalue weighted by Gasteiger charge is -2.46. The van der Waals surface area contributed by atoms with Crippen molar-refractivity contribution in [3.05, 3.63) is 99.0 Å². The SMILES string of the molecule is COC(=O)OCOc1c2n(ccc1=O)N(C1c3ccccc3CCc3ccccc31)CN([C@H](C)C(F)(F)F)C2=O. The van der Waals surface area contributed by atoms with E-state index in [0.29, 0.717) is 4.90 Å². The van der Waals surface area contributed by atoms with Crippen molar-refractivity contribution >= 4 is 12.1 Å². The van der Waals surface area contributed by atoms with Gasteiger partial charge in [-0.15, -0.1) is 0 Å². The highest BCUT2D eigenvalue weighted by atomic mass is 19.4. The molecule has 210 valence electrons. The minimum absolute atomic E-state index is 0.414. The molecule has 2 aromatic carbocycles. The van der Waals surface area contributed by atoms with Gasteiger partial charge in [-0.1, -0.05) is 48.5 Å². The Balaban J connectivity index is 1.71. The molecule has 5 rings (SSSR count). The molecule has 0 bridgehead atoms. The molecule has 12 heteroatoms. The van der Waals surface area contributed by atoms with Gasteiger partial charge in [-0.2, -0.15) is 13.2 Å². The lowest BCUT2D eigenvalue weighted by Crippen LogP contribution is -2.60. The van der Waals surface area contributed by atoms with Crippen molar-refractivity contribution in [1.82, 2.24) is 9.58 Å². The number of methoxy groups -OCH3 is 1. The van der Waals surface area contributed by atoms with Gasteiger partial charge in [0, 0.05) is 12.3 Å². The highest BCUT2D eigenvalue weighted by molar-refractivity contribution is 5.96. The van der Waals surface area contributed by atoms with Crippen molar-refractivity contribution in [2.75, 3.05) is 25.6 Å². The molecule has 1 aliphatic heterocycles. The van der Waals surface area contributed by atoms with Crippen molar-refractivity contribution < 1.29 is 37.0 Å². The Morgan fingerprint density at radius 1 is 1.00 bits per heavy atom. The number of hydrogen-bond donors (Lipinski definition) is 0. The van der Waals surface area contributed by atoms with Crippen LogP contribution in [0.15, 0.2) is 65.6 Å². The van der Waals surface area contributed by atoms with Crippen LogP contribution in [0.25, 0.3) is 0 Å². The standard InChI is InChI=1S/C28H26F3N3O6/c1-17(28(29,30)31)32-15-34(23-20-9-5-3-7-18(20)11-12-19-8-4-6-10-21(19)23)33-14-13-22(35)25(24(33)26(32)36)39-16-40-27(37)38-2/h3-10,13-14,17,23H,11-12,15-16H2,1-2H3/t17-/m1/s1. The number of carbonyl (C=O) groups is 2. The molecule has 40 heavy (non-hydrogen) atoms. The lowest BCUT2D eigenvalue weighted by atomic mass is 9.94. The predicted molar refractivity (Wildman–Crippen MR) is 137 cm³/mol. The summed E-state index contributed by atoms with van der Waals surface area (Å²) >= 11 is 0. The molecule has 0 fully saturated rings. The summed E-state index contributed by atoms with van der Waals surface area (Å²) in [6, 6.07) is 13.7. The number of carbonyl (C=O) groups excluding carboxylic acids is 2. The minimum Gasteiger partial charge on any atom is -0.451 e. The quantitative estimate of drug-likeness (QED) is 0.344. The lowest BCUT2D eigenvalue weighted by molar-refractivity contribution is -0.173. The first-order valence-electron chi connectivity index (χ1n) is 12.5. The van der Waals surface area contributed by atoms with Crippen LogP contribution < -0.4 is 15.2 Å². The fourth-order valence-electron chi connectivity index (χ4n) is 5.17. The molecule has 0 unspecified atom stereocenters. The molecular formula is C28H26F3N3O6. The molecule has 1 amide bonds. The Hall–Kier alpha value is -4.48. The molecule has 1 atom stereocenters. The molecule has 0 N–H and O–H groups in total. The molecule has 1 aromatic heterocycles. The molecular weight excluding hydrogens is 531 g/mol. The first kappa shape index (κ1) is 27.1. The van der Waals surface area contributed by atoms with Crippen LogP contribution in [0.4, 0.5) is 18.0 Å². The van der Waals surface area contributed by atoms with Gasteiger partial charge in [-0.05, 0) is 42.0 Å². The van der Waals surface area contributed by atoms with Crippen molar-refractivity contribution in [2.24, 2.45) is 0 Å². The zero-order valence-electron chi connectivity index (χ0n) is 21.7. The van der Waals surface area contributed by atoms with Gasteiger partial charge < -0.3 is 19.1 Å². The number of rotatable bonds is 5. The Labute approximate surface area is 227 Å². The van der Waals surface area contributed by atoms with E-state index in [4.69, 9.17) is 9.47 Å². The number of benzene rings is 2. The van der Waals surface area contributed by atoms with E-state index >= 15 is 0 Å². The summed E-state index contributed by atoms with van der Waals surface area (Å²) in [6.07, 6.45) is -3.07. The number of aromatic nitrogens is 1. The average molecular weight is 558 g/mol. The van der Waals surface area contributed by atoms with E-state index in [1.165, 1.54) is 10.9 Å². The van der Waals surface area contributed by atoms with Crippen molar-refractivity contribution in [3.8, 4) is 5.75 Å². The topological polar surface area (TPSA) is 90.3 Å². The second-order valence-corrected chi connectivity index (χ2v) is 9.44. The van der Waals surface area contributed by atoms with Gasteiger partial charge in [-0.25, -0.2) is 4.79 Å². The third kappa shape index (κ3) is 4.85. The zero-order valence-corrected chi connectivity index (χ0v) is 21.7. The number of aryl methyl sites for hydroxylation is 2. The maximum absolute atomic E-state index is 14.0. The number of hydrogen-bond acceptors (Lipinski definition) is 7. The summed E-state index contributed by atoms with van der Waals surface area (Å²) in [4.78, 5) is 38.6. The highest BCUT2D eigenvalue weighted by Crippen LogP contribution is 2.39. The van der Waals surface area contributed by atoms with Crippen LogP contribution >= 0.6 is 0 Å². The third-order valence-corrected chi connectivity index (χ3v) is 7.22. The second-order valence-electron chi connectivity index (χ2n) is 9.44. The van der Waals surface area contributed by atoms with Crippen LogP contribution in [0.3, 0.4) is 0 Å². The van der Waals surface area contributed by atoms with Crippen molar-refractivity contribution in [2.45, 2.75) is 38.0 Å². The zero-order chi connectivity index (χ0) is 28.6. The number of ether oxygens (including phenoxy) is 3. The van der Waals surface area contributed by atoms with E-state index in [9.17, 15) is 27.6 Å². The molecule has 3 aromatic rings. The second kappa shape index (κ2) is 10.6. The average Bonchev–Trinajstić information content (AvgIpc) is 3.10. The molecule has 0 spiro atoms. The first-order valence-corrected chi connectivity index (χ1v) is 12.5. The van der Waals surface area contributed by atoms with Gasteiger partial charge in [0.1, 0.15) is 12.7 Å². The predicted octanol–water partition coefficient (Wildman–Crippen LogP) is 4.16. The Morgan fingerprint density at radius 3 is 2.17 bits per heavy atom. The summed E-state index contributed by atoms with van der Waals surface area (Å²) in [5, 5.41) is 1.62. The van der Waals surface area contributed by atoms with Crippen molar-refractivity contribution in [1.29, 1.82) is 0 Å². The van der Waals surface area contributed by atoms with Crippen LogP contribution in [0.5, 0.6) is 5.75 Å². The van der Waals surface area contributed by atoms with Gasteiger partial charge in [0.15, 0.2) is 5.69 Å². The van der Waals surface area contributed by atoms with Crippen LogP contribution in [0.2, 0.25) is 0 Å². The van der Waals surface area contributed by atoms with Crippen molar-refractivity contribution in [3.63, 3.8) is 0 Å². The molecule has 0 saturated carbocycles. The molecule has 1 aliphatic carbocycles. The van der Waals surface area contributed by atoms with Crippen LogP contribution in [-0.2, 0) is 22.3 Å². The number of nitrogens with zero attached hydrogens (tertiary/aromatic N) is 3. The summed E-state index contributed by atoms with van der Waals surface area (Å²) in [5.74, 6) is -1.60. The van der Waals surface area contributed by atoms with Gasteiger partial charge in [0.25, 0.3) is 5.91 Å². The van der Waals surface area contributed by atoms with Gasteiger partial charge in [0.05, 0.1) is 13.2 Å². The maximum atomic E-state index is 14.0. The molecule has 0 radical (unpaired) electrons. The number of pyridine rings is 1.